The van der Waals surface area contributed by atoms with E-state index in [1.165, 1.54) is 12.8 Å². The molecule has 0 spiro atoms. The second-order valence-corrected chi connectivity index (χ2v) is 9.71. The highest BCUT2D eigenvalue weighted by Gasteiger charge is 2.22. The van der Waals surface area contributed by atoms with Crippen molar-refractivity contribution < 1.29 is 23.0 Å². The van der Waals surface area contributed by atoms with Crippen LogP contribution in [0.1, 0.15) is 56.6 Å². The van der Waals surface area contributed by atoms with Crippen molar-refractivity contribution in [2.45, 2.75) is 58.5 Å². The highest BCUT2D eigenvalue weighted by molar-refractivity contribution is 7.89. The first-order valence-corrected chi connectivity index (χ1v) is 12.5. The SMILES string of the molecule is CCCCCCCCS(=O)(=O)N(Cc1ccc(OC)cc1)Cc1ccc(OCO)cc1. The highest BCUT2D eigenvalue weighted by Crippen LogP contribution is 2.20. The molecule has 0 aliphatic rings. The van der Waals surface area contributed by atoms with E-state index in [1.807, 2.05) is 36.4 Å². The van der Waals surface area contributed by atoms with Crippen LogP contribution in [0.5, 0.6) is 11.5 Å². The average molecular weight is 450 g/mol. The van der Waals surface area contributed by atoms with Crippen molar-refractivity contribution in [3.05, 3.63) is 59.7 Å². The van der Waals surface area contributed by atoms with Crippen molar-refractivity contribution in [3.63, 3.8) is 0 Å². The van der Waals surface area contributed by atoms with E-state index in [0.29, 0.717) is 18.7 Å². The number of unbranched alkanes of at least 4 members (excludes halogenated alkanes) is 5. The van der Waals surface area contributed by atoms with Crippen LogP contribution in [0.3, 0.4) is 0 Å². The van der Waals surface area contributed by atoms with Crippen molar-refractivity contribution in [2.24, 2.45) is 0 Å². The van der Waals surface area contributed by atoms with Crippen molar-refractivity contribution in [2.75, 3.05) is 19.7 Å². The normalized spacial score (nSPS) is 11.6. The largest absolute Gasteiger partial charge is 0.497 e. The van der Waals surface area contributed by atoms with Gasteiger partial charge in [-0.05, 0) is 41.8 Å². The fraction of sp³-hybridized carbons (Fsp3) is 0.500. The number of sulfonamides is 1. The molecule has 2 aromatic carbocycles. The molecule has 1 N–H and O–H groups in total. The van der Waals surface area contributed by atoms with E-state index in [4.69, 9.17) is 14.6 Å². The summed E-state index contributed by atoms with van der Waals surface area (Å²) in [5.41, 5.74) is 1.78. The van der Waals surface area contributed by atoms with Gasteiger partial charge in [0.2, 0.25) is 10.0 Å². The van der Waals surface area contributed by atoms with E-state index in [2.05, 4.69) is 6.92 Å². The van der Waals surface area contributed by atoms with Crippen LogP contribution in [0.15, 0.2) is 48.5 Å². The zero-order valence-electron chi connectivity index (χ0n) is 18.6. The molecule has 0 aliphatic heterocycles. The van der Waals surface area contributed by atoms with Crippen molar-refractivity contribution in [3.8, 4) is 11.5 Å². The van der Waals surface area contributed by atoms with Crippen LogP contribution < -0.4 is 9.47 Å². The Morgan fingerprint density at radius 3 is 1.84 bits per heavy atom. The third-order valence-electron chi connectivity index (χ3n) is 5.18. The fourth-order valence-electron chi connectivity index (χ4n) is 3.35. The van der Waals surface area contributed by atoms with Crippen LogP contribution >= 0.6 is 0 Å². The molecule has 0 aliphatic carbocycles. The van der Waals surface area contributed by atoms with Gasteiger partial charge in [-0.25, -0.2) is 8.42 Å². The number of aliphatic hydroxyl groups excluding tert-OH is 1. The molecule has 0 saturated heterocycles. The molecule has 0 aromatic heterocycles. The summed E-state index contributed by atoms with van der Waals surface area (Å²) in [7, 11) is -1.81. The molecule has 2 rings (SSSR count). The summed E-state index contributed by atoms with van der Waals surface area (Å²) in [5, 5.41) is 8.87. The van der Waals surface area contributed by atoms with E-state index in [-0.39, 0.29) is 12.3 Å². The minimum Gasteiger partial charge on any atom is -0.497 e. The molecular weight excluding hydrogens is 414 g/mol. The Balaban J connectivity index is 2.09. The molecule has 0 heterocycles. The lowest BCUT2D eigenvalue weighted by Gasteiger charge is -2.23. The van der Waals surface area contributed by atoms with Crippen molar-refractivity contribution >= 4 is 10.0 Å². The number of nitrogens with zero attached hydrogens (tertiary/aromatic N) is 1. The van der Waals surface area contributed by atoms with Gasteiger partial charge in [-0.3, -0.25) is 0 Å². The summed E-state index contributed by atoms with van der Waals surface area (Å²) in [6.45, 7) is 2.36. The summed E-state index contributed by atoms with van der Waals surface area (Å²) in [6.07, 6.45) is 6.22. The number of methoxy groups -OCH3 is 1. The predicted molar refractivity (Wildman–Crippen MR) is 124 cm³/mol. The molecule has 0 saturated carbocycles. The third kappa shape index (κ3) is 8.89. The van der Waals surface area contributed by atoms with Crippen LogP contribution in [0.2, 0.25) is 0 Å². The lowest BCUT2D eigenvalue weighted by Crippen LogP contribution is -2.32. The minimum atomic E-state index is -3.42. The van der Waals surface area contributed by atoms with Gasteiger partial charge in [0.05, 0.1) is 12.9 Å². The number of aliphatic hydroxyl groups is 1. The Morgan fingerprint density at radius 2 is 1.32 bits per heavy atom. The molecule has 0 unspecified atom stereocenters. The molecule has 6 nitrogen and oxygen atoms in total. The number of ether oxygens (including phenoxy) is 2. The summed E-state index contributed by atoms with van der Waals surface area (Å²) in [6, 6.07) is 14.6. The van der Waals surface area contributed by atoms with E-state index in [0.717, 1.165) is 36.1 Å². The first-order valence-electron chi connectivity index (χ1n) is 10.9. The van der Waals surface area contributed by atoms with Gasteiger partial charge in [-0.2, -0.15) is 4.31 Å². The van der Waals surface area contributed by atoms with Gasteiger partial charge in [-0.15, -0.1) is 0 Å². The standard InChI is InChI=1S/C24H35NO5S/c1-3-4-5-6-7-8-17-31(27,28)25(18-21-9-13-23(29-2)14-10-21)19-22-11-15-24(16-12-22)30-20-26/h9-16,26H,3-8,17-20H2,1-2H3. The smallest absolute Gasteiger partial charge is 0.214 e. The number of rotatable bonds is 15. The molecule has 7 heteroatoms. The second-order valence-electron chi connectivity index (χ2n) is 7.62. The number of hydrogen-bond donors (Lipinski definition) is 1. The van der Waals surface area contributed by atoms with Gasteiger partial charge in [0.15, 0.2) is 6.79 Å². The Morgan fingerprint density at radius 1 is 0.806 bits per heavy atom. The second kappa shape index (κ2) is 13.3. The van der Waals surface area contributed by atoms with E-state index < -0.39 is 16.8 Å². The Hall–Kier alpha value is -2.09. The minimum absolute atomic E-state index is 0.154. The fourth-order valence-corrected chi connectivity index (χ4v) is 4.87. The summed E-state index contributed by atoms with van der Waals surface area (Å²) < 4.78 is 38.1. The highest BCUT2D eigenvalue weighted by atomic mass is 32.2. The molecular formula is C24H35NO5S. The lowest BCUT2D eigenvalue weighted by molar-refractivity contribution is 0.0985. The van der Waals surface area contributed by atoms with Crippen molar-refractivity contribution in [1.82, 2.24) is 4.31 Å². The van der Waals surface area contributed by atoms with Gasteiger partial charge in [0.1, 0.15) is 11.5 Å². The molecule has 172 valence electrons. The molecule has 2 aromatic rings. The van der Waals surface area contributed by atoms with E-state index in [1.54, 1.807) is 23.5 Å². The predicted octanol–water partition coefficient (Wildman–Crippen LogP) is 4.72. The van der Waals surface area contributed by atoms with Crippen LogP contribution in [0.25, 0.3) is 0 Å². The van der Waals surface area contributed by atoms with Crippen LogP contribution in [0.4, 0.5) is 0 Å². The maximum atomic E-state index is 13.2. The summed E-state index contributed by atoms with van der Waals surface area (Å²) in [4.78, 5) is 0. The third-order valence-corrected chi connectivity index (χ3v) is 7.03. The zero-order chi connectivity index (χ0) is 22.5. The number of hydrogen-bond acceptors (Lipinski definition) is 5. The van der Waals surface area contributed by atoms with E-state index in [9.17, 15) is 8.42 Å². The van der Waals surface area contributed by atoms with Crippen LogP contribution in [-0.4, -0.2) is 37.5 Å². The summed E-state index contributed by atoms with van der Waals surface area (Å²) in [5.74, 6) is 1.44. The van der Waals surface area contributed by atoms with Gasteiger partial charge in [0.25, 0.3) is 0 Å². The van der Waals surface area contributed by atoms with Gasteiger partial charge in [0, 0.05) is 13.1 Å². The average Bonchev–Trinajstić information content (AvgIpc) is 2.77. The lowest BCUT2D eigenvalue weighted by atomic mass is 10.1. The molecule has 0 amide bonds. The molecule has 0 atom stereocenters. The molecule has 0 fully saturated rings. The van der Waals surface area contributed by atoms with Gasteiger partial charge >= 0.3 is 0 Å². The molecule has 0 bridgehead atoms. The van der Waals surface area contributed by atoms with Crippen LogP contribution in [-0.2, 0) is 23.1 Å². The summed E-state index contributed by atoms with van der Waals surface area (Å²) >= 11 is 0. The Bertz CT molecular complexity index is 851. The maximum absolute atomic E-state index is 13.2. The topological polar surface area (TPSA) is 76.1 Å². The van der Waals surface area contributed by atoms with Crippen molar-refractivity contribution in [1.29, 1.82) is 0 Å². The number of benzene rings is 2. The zero-order valence-corrected chi connectivity index (χ0v) is 19.4. The first-order chi connectivity index (χ1) is 15.0. The van der Waals surface area contributed by atoms with Crippen LogP contribution in [0, 0.1) is 0 Å². The monoisotopic (exact) mass is 449 g/mol. The Kier molecular flexibility index (Phi) is 10.8. The van der Waals surface area contributed by atoms with Gasteiger partial charge < -0.3 is 14.6 Å². The Labute approximate surface area is 186 Å². The maximum Gasteiger partial charge on any atom is 0.214 e. The quantitative estimate of drug-likeness (QED) is 0.315. The van der Waals surface area contributed by atoms with E-state index >= 15 is 0 Å². The van der Waals surface area contributed by atoms with Gasteiger partial charge in [-0.1, -0.05) is 63.3 Å². The molecule has 31 heavy (non-hydrogen) atoms. The molecule has 0 radical (unpaired) electrons. The first kappa shape index (κ1) is 25.2.